The van der Waals surface area contributed by atoms with Crippen LogP contribution in [0.1, 0.15) is 24.6 Å². The number of nitrogens with one attached hydrogen (secondary N) is 1. The van der Waals surface area contributed by atoms with Gasteiger partial charge < -0.3 is 5.32 Å². The summed E-state index contributed by atoms with van der Waals surface area (Å²) in [7, 11) is -3.69. The van der Waals surface area contributed by atoms with Crippen molar-refractivity contribution in [3.05, 3.63) is 89.6 Å². The van der Waals surface area contributed by atoms with Crippen LogP contribution in [0.5, 0.6) is 0 Å². The minimum atomic E-state index is -3.69. The molecule has 0 aliphatic rings. The van der Waals surface area contributed by atoms with Crippen molar-refractivity contribution >= 4 is 32.2 Å². The van der Waals surface area contributed by atoms with Crippen molar-refractivity contribution in [1.82, 2.24) is 4.98 Å². The number of hydrogen-bond donors (Lipinski definition) is 1. The van der Waals surface area contributed by atoms with Gasteiger partial charge in [-0.25, -0.2) is 17.8 Å². The Kier molecular flexibility index (Phi) is 7.73. The maximum Gasteiger partial charge on any atom is 0.227 e. The first-order valence-electron chi connectivity index (χ1n) is 11.3. The Morgan fingerprint density at radius 2 is 1.54 bits per heavy atom. The zero-order valence-electron chi connectivity index (χ0n) is 19.2. The van der Waals surface area contributed by atoms with Gasteiger partial charge in [0, 0.05) is 16.9 Å². The van der Waals surface area contributed by atoms with Gasteiger partial charge in [0.25, 0.3) is 0 Å². The summed E-state index contributed by atoms with van der Waals surface area (Å²) in [6.45, 7) is 2.08. The fourth-order valence-electron chi connectivity index (χ4n) is 3.65. The van der Waals surface area contributed by atoms with E-state index in [0.717, 1.165) is 52.2 Å². The van der Waals surface area contributed by atoms with E-state index in [-0.39, 0.29) is 17.1 Å². The van der Waals surface area contributed by atoms with Crippen molar-refractivity contribution in [2.75, 3.05) is 11.1 Å². The molecule has 1 heterocycles. The molecule has 0 spiro atoms. The van der Waals surface area contributed by atoms with E-state index >= 15 is 0 Å². The van der Waals surface area contributed by atoms with Gasteiger partial charge in [-0.3, -0.25) is 4.79 Å². The van der Waals surface area contributed by atoms with E-state index in [1.807, 2.05) is 30.3 Å². The fraction of sp³-hybridized carbons (Fsp3) is 0.185. The molecule has 0 saturated heterocycles. The van der Waals surface area contributed by atoms with Gasteiger partial charge in [-0.2, -0.15) is 0 Å². The number of anilines is 1. The molecule has 0 atom stereocenters. The van der Waals surface area contributed by atoms with Crippen molar-refractivity contribution in [3.8, 4) is 22.4 Å². The highest BCUT2D eigenvalue weighted by molar-refractivity contribution is 7.91. The molecule has 0 bridgehead atoms. The third kappa shape index (κ3) is 6.21. The van der Waals surface area contributed by atoms with Crippen LogP contribution >= 0.6 is 11.3 Å². The molecule has 8 heteroatoms. The van der Waals surface area contributed by atoms with Gasteiger partial charge in [-0.05, 0) is 41.8 Å². The summed E-state index contributed by atoms with van der Waals surface area (Å²) in [5, 5.41) is 3.19. The second kappa shape index (κ2) is 10.9. The molecule has 180 valence electrons. The Morgan fingerprint density at radius 3 is 2.20 bits per heavy atom. The number of halogens is 1. The van der Waals surface area contributed by atoms with Crippen LogP contribution in [-0.4, -0.2) is 25.1 Å². The van der Waals surface area contributed by atoms with E-state index in [1.54, 1.807) is 0 Å². The third-order valence-corrected chi connectivity index (χ3v) is 8.22. The van der Waals surface area contributed by atoms with Gasteiger partial charge >= 0.3 is 0 Å². The maximum absolute atomic E-state index is 13.1. The predicted octanol–water partition coefficient (Wildman–Crippen LogP) is 6.37. The number of aryl methyl sites for hydroxylation is 1. The van der Waals surface area contributed by atoms with E-state index in [4.69, 9.17) is 0 Å². The Hall–Kier alpha value is -3.36. The number of sulfone groups is 1. The molecule has 0 aliphatic carbocycles. The minimum absolute atomic E-state index is 0.00702. The lowest BCUT2D eigenvalue weighted by Crippen LogP contribution is -2.17. The van der Waals surface area contributed by atoms with Crippen LogP contribution in [-0.2, 0) is 21.1 Å². The Morgan fingerprint density at radius 1 is 0.914 bits per heavy atom. The predicted molar refractivity (Wildman–Crippen MR) is 139 cm³/mol. The molecule has 3 aromatic carbocycles. The minimum Gasteiger partial charge on any atom is -0.302 e. The standard InChI is InChI=1S/C27H25FN2O3S2/c1-2-6-24-26(21-11-9-20(10-12-21)19-7-4-3-5-8-19)30-27(34-24)29-25(31)17-18-35(32,33)23-15-13-22(28)14-16-23/h3-5,7-16H,2,6,17-18H2,1H3,(H,29,30,31). The molecule has 0 radical (unpaired) electrons. The highest BCUT2D eigenvalue weighted by atomic mass is 32.2. The van der Waals surface area contributed by atoms with Gasteiger partial charge in [0.1, 0.15) is 5.82 Å². The summed E-state index contributed by atoms with van der Waals surface area (Å²) in [4.78, 5) is 18.2. The summed E-state index contributed by atoms with van der Waals surface area (Å²) < 4.78 is 38.0. The molecular formula is C27H25FN2O3S2. The molecule has 4 aromatic rings. The molecule has 1 amide bonds. The average molecular weight is 509 g/mol. The second-order valence-electron chi connectivity index (χ2n) is 8.06. The molecule has 1 aromatic heterocycles. The average Bonchev–Trinajstić information content (AvgIpc) is 3.26. The number of amides is 1. The highest BCUT2D eigenvalue weighted by Gasteiger charge is 2.19. The topological polar surface area (TPSA) is 76.1 Å². The van der Waals surface area contributed by atoms with Gasteiger partial charge in [0.15, 0.2) is 15.0 Å². The number of hydrogen-bond acceptors (Lipinski definition) is 5. The molecule has 0 fully saturated rings. The summed E-state index contributed by atoms with van der Waals surface area (Å²) >= 11 is 1.40. The quantitative estimate of drug-likeness (QED) is 0.267. The van der Waals surface area contributed by atoms with Crippen LogP contribution in [0, 0.1) is 5.82 Å². The van der Waals surface area contributed by atoms with E-state index in [9.17, 15) is 17.6 Å². The van der Waals surface area contributed by atoms with Crippen molar-refractivity contribution in [2.45, 2.75) is 31.1 Å². The fourth-order valence-corrected chi connectivity index (χ4v) is 5.99. The number of nitrogens with zero attached hydrogens (tertiary/aromatic N) is 1. The van der Waals surface area contributed by atoms with Crippen molar-refractivity contribution in [1.29, 1.82) is 0 Å². The van der Waals surface area contributed by atoms with Crippen LogP contribution in [0.3, 0.4) is 0 Å². The second-order valence-corrected chi connectivity index (χ2v) is 11.2. The van der Waals surface area contributed by atoms with Crippen molar-refractivity contribution in [2.24, 2.45) is 0 Å². The number of aromatic nitrogens is 1. The molecular weight excluding hydrogens is 483 g/mol. The first-order chi connectivity index (χ1) is 16.9. The third-order valence-electron chi connectivity index (χ3n) is 5.46. The van der Waals surface area contributed by atoms with E-state index < -0.39 is 21.6 Å². The highest BCUT2D eigenvalue weighted by Crippen LogP contribution is 2.33. The van der Waals surface area contributed by atoms with Crippen LogP contribution < -0.4 is 5.32 Å². The van der Waals surface area contributed by atoms with Gasteiger partial charge in [-0.1, -0.05) is 67.9 Å². The normalized spacial score (nSPS) is 11.4. The van der Waals surface area contributed by atoms with Crippen LogP contribution in [0.2, 0.25) is 0 Å². The number of rotatable bonds is 9. The lowest BCUT2D eigenvalue weighted by Gasteiger charge is -2.05. The lowest BCUT2D eigenvalue weighted by molar-refractivity contribution is -0.115. The Labute approximate surface area is 208 Å². The molecule has 0 aliphatic heterocycles. The van der Waals surface area contributed by atoms with E-state index in [2.05, 4.69) is 41.5 Å². The van der Waals surface area contributed by atoms with E-state index in [1.165, 1.54) is 23.5 Å². The van der Waals surface area contributed by atoms with Gasteiger partial charge in [0.05, 0.1) is 16.3 Å². The smallest absolute Gasteiger partial charge is 0.227 e. The molecule has 5 nitrogen and oxygen atoms in total. The monoisotopic (exact) mass is 508 g/mol. The summed E-state index contributed by atoms with van der Waals surface area (Å²) in [6.07, 6.45) is 1.53. The Bertz CT molecular complexity index is 1400. The number of benzene rings is 3. The SMILES string of the molecule is CCCc1sc(NC(=O)CCS(=O)(=O)c2ccc(F)cc2)nc1-c1ccc(-c2ccccc2)cc1. The van der Waals surface area contributed by atoms with Crippen LogP contribution in [0.25, 0.3) is 22.4 Å². The van der Waals surface area contributed by atoms with Crippen LogP contribution in [0.4, 0.5) is 9.52 Å². The van der Waals surface area contributed by atoms with Crippen LogP contribution in [0.15, 0.2) is 83.8 Å². The molecule has 35 heavy (non-hydrogen) atoms. The van der Waals surface area contributed by atoms with Crippen molar-refractivity contribution in [3.63, 3.8) is 0 Å². The number of carbonyl (C=O) groups is 1. The first-order valence-corrected chi connectivity index (χ1v) is 13.8. The number of thiazole rings is 1. The van der Waals surface area contributed by atoms with Gasteiger partial charge in [-0.15, -0.1) is 11.3 Å². The van der Waals surface area contributed by atoms with Crippen molar-refractivity contribution < 1.29 is 17.6 Å². The van der Waals surface area contributed by atoms with Gasteiger partial charge in [0.2, 0.25) is 5.91 Å². The zero-order chi connectivity index (χ0) is 24.8. The first kappa shape index (κ1) is 24.8. The molecule has 4 rings (SSSR count). The maximum atomic E-state index is 13.1. The largest absolute Gasteiger partial charge is 0.302 e. The zero-order valence-corrected chi connectivity index (χ0v) is 20.8. The molecule has 0 saturated carbocycles. The lowest BCUT2D eigenvalue weighted by atomic mass is 10.0. The summed E-state index contributed by atoms with van der Waals surface area (Å²) in [6, 6.07) is 22.9. The summed E-state index contributed by atoms with van der Waals surface area (Å²) in [5.41, 5.74) is 4.03. The molecule has 0 unspecified atom stereocenters. The Balaban J connectivity index is 1.46. The molecule has 1 N–H and O–H groups in total. The number of carbonyl (C=O) groups excluding carboxylic acids is 1. The summed E-state index contributed by atoms with van der Waals surface area (Å²) in [5.74, 6) is -1.32. The van der Waals surface area contributed by atoms with E-state index in [0.29, 0.717) is 5.13 Å².